The second-order valence-corrected chi connectivity index (χ2v) is 9.14. The van der Waals surface area contributed by atoms with Crippen LogP contribution in [0.1, 0.15) is 84.3 Å². The molecule has 1 aromatic carbocycles. The summed E-state index contributed by atoms with van der Waals surface area (Å²) in [6.45, 7) is 12.0. The van der Waals surface area contributed by atoms with Crippen LogP contribution in [0.5, 0.6) is 5.75 Å². The van der Waals surface area contributed by atoms with E-state index in [9.17, 15) is 4.79 Å². The molecular formula is C23H37NO2. The second-order valence-electron chi connectivity index (χ2n) is 9.14. The van der Waals surface area contributed by atoms with E-state index >= 15 is 0 Å². The average molecular weight is 360 g/mol. The molecule has 1 fully saturated rings. The number of aryl methyl sites for hydroxylation is 1. The lowest BCUT2D eigenvalue weighted by molar-refractivity contribution is 0.0969. The van der Waals surface area contributed by atoms with E-state index in [1.165, 1.54) is 30.4 Å². The molecular weight excluding hydrogens is 322 g/mol. The molecule has 2 rings (SSSR count). The fraction of sp³-hybridized carbons (Fsp3) is 0.696. The topological polar surface area (TPSA) is 38.3 Å². The Balaban J connectivity index is 2.00. The minimum absolute atomic E-state index is 0.164. The van der Waals surface area contributed by atoms with Gasteiger partial charge < -0.3 is 10.1 Å². The predicted molar refractivity (Wildman–Crippen MR) is 109 cm³/mol. The number of carbonyl (C=O) groups excluding carboxylic acids is 1. The summed E-state index contributed by atoms with van der Waals surface area (Å²) in [6, 6.07) is 6.08. The Morgan fingerprint density at radius 1 is 1.12 bits per heavy atom. The van der Waals surface area contributed by atoms with E-state index in [1.54, 1.807) is 0 Å². The van der Waals surface area contributed by atoms with Crippen LogP contribution in [0.4, 0.5) is 4.79 Å². The molecule has 1 aromatic rings. The Bertz CT molecular complexity index is 608. The molecule has 146 valence electrons. The number of carbonyl (C=O) groups is 1. The summed E-state index contributed by atoms with van der Waals surface area (Å²) in [5.74, 6) is 0.726. The lowest BCUT2D eigenvalue weighted by atomic mass is 9.64. The van der Waals surface area contributed by atoms with Crippen LogP contribution in [0.3, 0.4) is 0 Å². The van der Waals surface area contributed by atoms with Gasteiger partial charge in [0.2, 0.25) is 0 Å². The zero-order valence-electron chi connectivity index (χ0n) is 17.4. The van der Waals surface area contributed by atoms with Crippen LogP contribution in [0.25, 0.3) is 0 Å². The summed E-state index contributed by atoms with van der Waals surface area (Å²) >= 11 is 0. The molecule has 3 nitrogen and oxygen atoms in total. The van der Waals surface area contributed by atoms with Crippen LogP contribution in [0, 0.1) is 10.8 Å². The highest BCUT2D eigenvalue weighted by atomic mass is 16.6. The lowest BCUT2D eigenvalue weighted by Crippen LogP contribution is -2.41. The quantitative estimate of drug-likeness (QED) is 0.621. The maximum atomic E-state index is 12.5. The van der Waals surface area contributed by atoms with Crippen LogP contribution >= 0.6 is 0 Å². The van der Waals surface area contributed by atoms with Crippen LogP contribution in [-0.4, -0.2) is 12.6 Å². The summed E-state index contributed by atoms with van der Waals surface area (Å²) in [6.07, 6.45) is 8.63. The highest BCUT2D eigenvalue weighted by Gasteiger charge is 2.36. The fourth-order valence-electron chi connectivity index (χ4n) is 4.64. The highest BCUT2D eigenvalue weighted by Crippen LogP contribution is 2.45. The first-order chi connectivity index (χ1) is 12.3. The van der Waals surface area contributed by atoms with Crippen molar-refractivity contribution in [1.29, 1.82) is 0 Å². The molecule has 26 heavy (non-hydrogen) atoms. The number of amides is 1. The van der Waals surface area contributed by atoms with Gasteiger partial charge in [-0.15, -0.1) is 0 Å². The summed E-state index contributed by atoms with van der Waals surface area (Å²) < 4.78 is 5.72. The lowest BCUT2D eigenvalue weighted by Gasteiger charge is -2.42. The van der Waals surface area contributed by atoms with Gasteiger partial charge in [0.25, 0.3) is 0 Å². The maximum Gasteiger partial charge on any atom is 0.412 e. The average Bonchev–Trinajstić information content (AvgIpc) is 2.55. The van der Waals surface area contributed by atoms with Crippen molar-refractivity contribution in [2.24, 2.45) is 10.8 Å². The van der Waals surface area contributed by atoms with E-state index in [1.807, 2.05) is 12.1 Å². The van der Waals surface area contributed by atoms with Gasteiger partial charge in [0.05, 0.1) is 0 Å². The van der Waals surface area contributed by atoms with Crippen molar-refractivity contribution < 1.29 is 9.53 Å². The van der Waals surface area contributed by atoms with Gasteiger partial charge in [0.15, 0.2) is 0 Å². The molecule has 1 atom stereocenters. The normalized spacial score (nSPS) is 22.0. The van der Waals surface area contributed by atoms with Crippen molar-refractivity contribution >= 4 is 6.09 Å². The molecule has 1 N–H and O–H groups in total. The molecule has 1 saturated carbocycles. The van der Waals surface area contributed by atoms with Gasteiger partial charge in [0.1, 0.15) is 5.75 Å². The van der Waals surface area contributed by atoms with Gasteiger partial charge in [-0.3, -0.25) is 0 Å². The third-order valence-corrected chi connectivity index (χ3v) is 5.65. The SMILES string of the molecule is CCCc1cccc(OC(=O)NCC2(C)CCCC(C)(C)C2)c1CCC. The van der Waals surface area contributed by atoms with Gasteiger partial charge in [0, 0.05) is 6.54 Å². The molecule has 1 aliphatic carbocycles. The summed E-state index contributed by atoms with van der Waals surface area (Å²) in [4.78, 5) is 12.5. The van der Waals surface area contributed by atoms with Gasteiger partial charge in [-0.05, 0) is 60.1 Å². The van der Waals surface area contributed by atoms with E-state index in [2.05, 4.69) is 46.0 Å². The zero-order valence-corrected chi connectivity index (χ0v) is 17.4. The molecule has 0 radical (unpaired) electrons. The van der Waals surface area contributed by atoms with Crippen LogP contribution in [-0.2, 0) is 12.8 Å². The Morgan fingerprint density at radius 2 is 1.85 bits per heavy atom. The largest absolute Gasteiger partial charge is 0.412 e. The Morgan fingerprint density at radius 3 is 2.50 bits per heavy atom. The van der Waals surface area contributed by atoms with Crippen molar-refractivity contribution in [1.82, 2.24) is 5.32 Å². The van der Waals surface area contributed by atoms with E-state index in [0.717, 1.165) is 37.9 Å². The van der Waals surface area contributed by atoms with Gasteiger partial charge >= 0.3 is 6.09 Å². The van der Waals surface area contributed by atoms with Crippen LogP contribution in [0.15, 0.2) is 18.2 Å². The predicted octanol–water partition coefficient (Wildman–Crippen LogP) is 6.29. The van der Waals surface area contributed by atoms with Crippen molar-refractivity contribution in [3.63, 3.8) is 0 Å². The smallest absolute Gasteiger partial charge is 0.410 e. The highest BCUT2D eigenvalue weighted by molar-refractivity contribution is 5.71. The van der Waals surface area contributed by atoms with E-state index in [0.29, 0.717) is 12.0 Å². The first-order valence-corrected chi connectivity index (χ1v) is 10.3. The van der Waals surface area contributed by atoms with Crippen LogP contribution in [0.2, 0.25) is 0 Å². The van der Waals surface area contributed by atoms with E-state index in [-0.39, 0.29) is 11.5 Å². The number of nitrogens with one attached hydrogen (secondary N) is 1. The molecule has 1 aliphatic rings. The minimum Gasteiger partial charge on any atom is -0.410 e. The molecule has 1 unspecified atom stereocenters. The number of benzene rings is 1. The molecule has 3 heteroatoms. The number of hydrogen-bond donors (Lipinski definition) is 1. The first-order valence-electron chi connectivity index (χ1n) is 10.3. The van der Waals surface area contributed by atoms with Crippen LogP contribution < -0.4 is 10.1 Å². The molecule has 0 heterocycles. The molecule has 0 bridgehead atoms. The number of hydrogen-bond acceptors (Lipinski definition) is 2. The summed E-state index contributed by atoms with van der Waals surface area (Å²) in [5, 5.41) is 3.04. The first kappa shape index (κ1) is 20.8. The van der Waals surface area contributed by atoms with Crippen molar-refractivity contribution in [2.75, 3.05) is 6.54 Å². The Labute approximate surface area is 159 Å². The molecule has 0 saturated heterocycles. The Kier molecular flexibility index (Phi) is 7.14. The fourth-order valence-corrected chi connectivity index (χ4v) is 4.64. The summed E-state index contributed by atoms with van der Waals surface area (Å²) in [5.41, 5.74) is 3.02. The Hall–Kier alpha value is -1.51. The standard InChI is InChI=1S/C23H37NO2/c1-6-10-18-12-8-13-20(19(18)11-7-2)26-21(25)24-17-23(5)15-9-14-22(3,4)16-23/h8,12-13H,6-7,9-11,14-17H2,1-5H3,(H,24,25). The molecule has 0 aliphatic heterocycles. The third kappa shape index (κ3) is 5.75. The zero-order chi connectivity index (χ0) is 19.2. The van der Waals surface area contributed by atoms with Crippen molar-refractivity contribution in [2.45, 2.75) is 86.0 Å². The van der Waals surface area contributed by atoms with Gasteiger partial charge in [-0.2, -0.15) is 0 Å². The number of rotatable bonds is 7. The molecule has 0 aromatic heterocycles. The molecule has 1 amide bonds. The minimum atomic E-state index is -0.319. The summed E-state index contributed by atoms with van der Waals surface area (Å²) in [7, 11) is 0. The number of ether oxygens (including phenoxy) is 1. The van der Waals surface area contributed by atoms with E-state index in [4.69, 9.17) is 4.74 Å². The second kappa shape index (κ2) is 8.92. The maximum absolute atomic E-state index is 12.5. The molecule has 0 spiro atoms. The van der Waals surface area contributed by atoms with Gasteiger partial charge in [-0.1, -0.05) is 66.0 Å². The van der Waals surface area contributed by atoms with Gasteiger partial charge in [-0.25, -0.2) is 4.79 Å². The van der Waals surface area contributed by atoms with Crippen molar-refractivity contribution in [3.8, 4) is 5.75 Å². The van der Waals surface area contributed by atoms with Crippen molar-refractivity contribution in [3.05, 3.63) is 29.3 Å². The van der Waals surface area contributed by atoms with E-state index < -0.39 is 0 Å². The monoisotopic (exact) mass is 359 g/mol. The third-order valence-electron chi connectivity index (χ3n) is 5.65.